The Morgan fingerprint density at radius 2 is 1.76 bits per heavy atom. The van der Waals surface area contributed by atoms with E-state index >= 15 is 0 Å². The van der Waals surface area contributed by atoms with Gasteiger partial charge in [-0.25, -0.2) is 4.98 Å². The number of carbonyl (C=O) groups is 2. The first-order valence-electron chi connectivity index (χ1n) is 8.09. The maximum atomic E-state index is 12.5. The lowest BCUT2D eigenvalue weighted by molar-refractivity contribution is -0.117. The zero-order valence-corrected chi connectivity index (χ0v) is 13.4. The quantitative estimate of drug-likeness (QED) is 0.797. The van der Waals surface area contributed by atoms with E-state index < -0.39 is 0 Å². The molecule has 1 unspecified atom stereocenters. The summed E-state index contributed by atoms with van der Waals surface area (Å²) in [6, 6.07) is 16.6. The number of hydrogen-bond acceptors (Lipinski definition) is 4. The summed E-state index contributed by atoms with van der Waals surface area (Å²) in [5.74, 6) is -0.313. The van der Waals surface area contributed by atoms with Crippen molar-refractivity contribution in [2.75, 3.05) is 11.4 Å². The van der Waals surface area contributed by atoms with E-state index in [1.165, 1.54) is 6.20 Å². The first kappa shape index (κ1) is 15.3. The number of hydrogen-bond donors (Lipinski definition) is 1. The number of fused-ring (bicyclic) bond motifs is 1. The monoisotopic (exact) mass is 332 g/mol. The van der Waals surface area contributed by atoms with Gasteiger partial charge in [0.25, 0.3) is 5.91 Å². The van der Waals surface area contributed by atoms with Crippen LogP contribution in [0.25, 0.3) is 11.0 Å². The Bertz CT molecular complexity index is 942. The SMILES string of the molecule is O=C(NC1CC(=O)N(c2ccccc2)C1)c1cnc2ccccc2n1. The molecule has 0 spiro atoms. The van der Waals surface area contributed by atoms with Crippen LogP contribution in [0.2, 0.25) is 0 Å². The third-order valence-corrected chi connectivity index (χ3v) is 4.21. The molecule has 1 N–H and O–H groups in total. The van der Waals surface area contributed by atoms with E-state index in [4.69, 9.17) is 0 Å². The second-order valence-corrected chi connectivity index (χ2v) is 5.96. The van der Waals surface area contributed by atoms with Crippen molar-refractivity contribution in [2.24, 2.45) is 0 Å². The van der Waals surface area contributed by atoms with Gasteiger partial charge in [-0.1, -0.05) is 30.3 Å². The van der Waals surface area contributed by atoms with Gasteiger partial charge in [0.15, 0.2) is 0 Å². The van der Waals surface area contributed by atoms with E-state index in [1.807, 2.05) is 54.6 Å². The van der Waals surface area contributed by atoms with Crippen LogP contribution in [-0.2, 0) is 4.79 Å². The molecule has 1 fully saturated rings. The standard InChI is InChI=1S/C19H16N4O2/c24-18-10-13(12-23(18)14-6-2-1-3-7-14)21-19(25)17-11-20-15-8-4-5-9-16(15)22-17/h1-9,11,13H,10,12H2,(H,21,25). The van der Waals surface area contributed by atoms with Gasteiger partial charge in [-0.05, 0) is 24.3 Å². The van der Waals surface area contributed by atoms with Gasteiger partial charge in [-0.3, -0.25) is 14.6 Å². The molecule has 3 aromatic rings. The van der Waals surface area contributed by atoms with Crippen LogP contribution in [0.1, 0.15) is 16.9 Å². The van der Waals surface area contributed by atoms with Crippen LogP contribution in [0.3, 0.4) is 0 Å². The molecule has 25 heavy (non-hydrogen) atoms. The van der Waals surface area contributed by atoms with Gasteiger partial charge < -0.3 is 10.2 Å². The summed E-state index contributed by atoms with van der Waals surface area (Å²) in [5.41, 5.74) is 2.51. The molecule has 1 atom stereocenters. The summed E-state index contributed by atoms with van der Waals surface area (Å²) in [4.78, 5) is 35.0. The van der Waals surface area contributed by atoms with Crippen molar-refractivity contribution in [3.05, 3.63) is 66.5 Å². The molecule has 1 aliphatic rings. The number of anilines is 1. The summed E-state index contributed by atoms with van der Waals surface area (Å²) in [6.07, 6.45) is 1.74. The number of para-hydroxylation sites is 3. The van der Waals surface area contributed by atoms with Crippen LogP contribution in [0.15, 0.2) is 60.8 Å². The van der Waals surface area contributed by atoms with E-state index in [2.05, 4.69) is 15.3 Å². The van der Waals surface area contributed by atoms with Gasteiger partial charge >= 0.3 is 0 Å². The topological polar surface area (TPSA) is 75.2 Å². The normalized spacial score (nSPS) is 17.0. The molecule has 2 aromatic carbocycles. The highest BCUT2D eigenvalue weighted by atomic mass is 16.2. The molecule has 0 saturated carbocycles. The highest BCUT2D eigenvalue weighted by Crippen LogP contribution is 2.21. The lowest BCUT2D eigenvalue weighted by atomic mass is 10.2. The van der Waals surface area contributed by atoms with Gasteiger partial charge in [0.05, 0.1) is 23.3 Å². The first-order valence-corrected chi connectivity index (χ1v) is 8.09. The van der Waals surface area contributed by atoms with Crippen molar-refractivity contribution in [1.82, 2.24) is 15.3 Å². The van der Waals surface area contributed by atoms with Crippen LogP contribution >= 0.6 is 0 Å². The van der Waals surface area contributed by atoms with Gasteiger partial charge in [-0.15, -0.1) is 0 Å². The summed E-state index contributed by atoms with van der Waals surface area (Å²) in [7, 11) is 0. The third kappa shape index (κ3) is 3.06. The van der Waals surface area contributed by atoms with Crippen LogP contribution in [-0.4, -0.2) is 34.4 Å². The van der Waals surface area contributed by atoms with Gasteiger partial charge in [-0.2, -0.15) is 0 Å². The van der Waals surface area contributed by atoms with E-state index in [0.29, 0.717) is 12.1 Å². The second-order valence-electron chi connectivity index (χ2n) is 5.96. The van der Waals surface area contributed by atoms with Crippen LogP contribution < -0.4 is 10.2 Å². The molecule has 2 heterocycles. The minimum absolute atomic E-state index is 0.00101. The van der Waals surface area contributed by atoms with E-state index in [-0.39, 0.29) is 30.0 Å². The fourth-order valence-electron chi connectivity index (χ4n) is 2.99. The maximum Gasteiger partial charge on any atom is 0.271 e. The molecule has 1 saturated heterocycles. The number of rotatable bonds is 3. The van der Waals surface area contributed by atoms with Gasteiger partial charge in [0.2, 0.25) is 5.91 Å². The smallest absolute Gasteiger partial charge is 0.271 e. The Morgan fingerprint density at radius 3 is 2.56 bits per heavy atom. The van der Waals surface area contributed by atoms with E-state index in [1.54, 1.807) is 4.90 Å². The molecule has 6 nitrogen and oxygen atoms in total. The predicted molar refractivity (Wildman–Crippen MR) is 94.2 cm³/mol. The summed E-state index contributed by atoms with van der Waals surface area (Å²) in [5, 5.41) is 2.89. The number of benzene rings is 2. The summed E-state index contributed by atoms with van der Waals surface area (Å²) < 4.78 is 0. The molecule has 0 bridgehead atoms. The van der Waals surface area contributed by atoms with Crippen molar-refractivity contribution in [3.8, 4) is 0 Å². The summed E-state index contributed by atoms with van der Waals surface area (Å²) >= 11 is 0. The molecular weight excluding hydrogens is 316 g/mol. The Labute approximate surface area is 144 Å². The molecule has 0 aliphatic carbocycles. The molecule has 1 aromatic heterocycles. The minimum atomic E-state index is -0.314. The van der Waals surface area contributed by atoms with Crippen LogP contribution in [0.4, 0.5) is 5.69 Å². The second kappa shape index (κ2) is 6.32. The number of carbonyl (C=O) groups excluding carboxylic acids is 2. The number of amides is 2. The highest BCUT2D eigenvalue weighted by Gasteiger charge is 2.31. The lowest BCUT2D eigenvalue weighted by Gasteiger charge is -2.17. The van der Waals surface area contributed by atoms with Crippen molar-refractivity contribution in [3.63, 3.8) is 0 Å². The third-order valence-electron chi connectivity index (χ3n) is 4.21. The fraction of sp³-hybridized carbons (Fsp3) is 0.158. The van der Waals surface area contributed by atoms with Crippen LogP contribution in [0.5, 0.6) is 0 Å². The minimum Gasteiger partial charge on any atom is -0.346 e. The predicted octanol–water partition coefficient (Wildman–Crippen LogP) is 2.17. The molecule has 6 heteroatoms. The average molecular weight is 332 g/mol. The van der Waals surface area contributed by atoms with Crippen molar-refractivity contribution in [1.29, 1.82) is 0 Å². The van der Waals surface area contributed by atoms with Crippen LogP contribution in [0, 0.1) is 0 Å². The Hall–Kier alpha value is -3.28. The molecule has 1 aliphatic heterocycles. The zero-order valence-electron chi connectivity index (χ0n) is 13.4. The number of aromatic nitrogens is 2. The maximum absolute atomic E-state index is 12.5. The summed E-state index contributed by atoms with van der Waals surface area (Å²) in [6.45, 7) is 0.454. The van der Waals surface area contributed by atoms with Gasteiger partial charge in [0, 0.05) is 18.7 Å². The Morgan fingerprint density at radius 1 is 1.04 bits per heavy atom. The molecule has 124 valence electrons. The molecule has 2 amide bonds. The zero-order chi connectivity index (χ0) is 17.2. The number of nitrogens with one attached hydrogen (secondary N) is 1. The van der Waals surface area contributed by atoms with Crippen molar-refractivity contribution >= 4 is 28.5 Å². The van der Waals surface area contributed by atoms with Crippen molar-refractivity contribution in [2.45, 2.75) is 12.5 Å². The highest BCUT2D eigenvalue weighted by molar-refractivity contribution is 5.98. The number of nitrogens with zero attached hydrogens (tertiary/aromatic N) is 3. The Kier molecular flexibility index (Phi) is 3.85. The van der Waals surface area contributed by atoms with Crippen molar-refractivity contribution < 1.29 is 9.59 Å². The fourth-order valence-corrected chi connectivity index (χ4v) is 2.99. The molecular formula is C19H16N4O2. The largest absolute Gasteiger partial charge is 0.346 e. The Balaban J connectivity index is 1.48. The van der Waals surface area contributed by atoms with Gasteiger partial charge in [0.1, 0.15) is 5.69 Å². The molecule has 4 rings (SSSR count). The van der Waals surface area contributed by atoms with E-state index in [9.17, 15) is 9.59 Å². The lowest BCUT2D eigenvalue weighted by Crippen LogP contribution is -2.37. The average Bonchev–Trinajstić information content (AvgIpc) is 3.02. The van der Waals surface area contributed by atoms with E-state index in [0.717, 1.165) is 11.2 Å². The molecule has 0 radical (unpaired) electrons. The first-order chi connectivity index (χ1) is 12.2.